The predicted octanol–water partition coefficient (Wildman–Crippen LogP) is 8.00. The van der Waals surface area contributed by atoms with Gasteiger partial charge in [-0.15, -0.1) is 0 Å². The lowest BCUT2D eigenvalue weighted by molar-refractivity contribution is -0.212. The number of halogens is 3. The Labute approximate surface area is 265 Å². The van der Waals surface area contributed by atoms with Gasteiger partial charge in [0, 0.05) is 19.3 Å². The molecule has 0 saturated heterocycles. The lowest BCUT2D eigenvalue weighted by atomic mass is 9.42. The molecule has 0 amide bonds. The van der Waals surface area contributed by atoms with Crippen molar-refractivity contribution in [2.24, 2.45) is 46.3 Å². The van der Waals surface area contributed by atoms with Gasteiger partial charge in [-0.25, -0.2) is 0 Å². The van der Waals surface area contributed by atoms with Crippen molar-refractivity contribution in [3.05, 3.63) is 35.4 Å². The zero-order valence-electron chi connectivity index (χ0n) is 27.2. The lowest BCUT2D eigenvalue weighted by Crippen LogP contribution is -2.60. The first-order chi connectivity index (χ1) is 21.1. The first-order valence-electron chi connectivity index (χ1n) is 17.0. The molecule has 1 aromatic carbocycles. The van der Waals surface area contributed by atoms with Gasteiger partial charge < -0.3 is 19.7 Å². The Hall–Kier alpha value is -2.13. The molecule has 10 atom stereocenters. The summed E-state index contributed by atoms with van der Waals surface area (Å²) < 4.78 is 52.7. The highest BCUT2D eigenvalue weighted by Crippen LogP contribution is 2.70. The SMILES string of the molecule is CC(=O)O[C@@H]1C[C@@H]2C[C@](OCCO)(c3ccc(C(F)(F)F)cc3)CC[C@]2(C)[C@H]2CC[C@]3(C)[C@@H]([C@H](C)CCCC(=O)O)CC[C@H]3[C@H]12. The third-order valence-electron chi connectivity index (χ3n) is 13.0. The van der Waals surface area contributed by atoms with Crippen molar-refractivity contribution in [1.29, 1.82) is 0 Å². The molecule has 0 aromatic heterocycles. The van der Waals surface area contributed by atoms with Gasteiger partial charge in [-0.1, -0.05) is 32.9 Å². The number of aliphatic hydroxyl groups excluding tert-OH is 1. The number of carbonyl (C=O) groups excluding carboxylic acids is 1. The van der Waals surface area contributed by atoms with E-state index in [2.05, 4.69) is 20.8 Å². The van der Waals surface area contributed by atoms with Crippen LogP contribution in [0.2, 0.25) is 0 Å². The van der Waals surface area contributed by atoms with Gasteiger partial charge in [-0.05, 0) is 122 Å². The topological polar surface area (TPSA) is 93.1 Å². The van der Waals surface area contributed by atoms with Crippen molar-refractivity contribution in [3.63, 3.8) is 0 Å². The zero-order valence-corrected chi connectivity index (χ0v) is 27.2. The van der Waals surface area contributed by atoms with E-state index in [1.165, 1.54) is 19.1 Å². The molecule has 0 bridgehead atoms. The van der Waals surface area contributed by atoms with E-state index in [1.807, 2.05) is 0 Å². The molecule has 0 aliphatic heterocycles. The molecule has 6 nitrogen and oxygen atoms in total. The van der Waals surface area contributed by atoms with Crippen LogP contribution in [-0.2, 0) is 30.8 Å². The molecular formula is C36H51F3O6. The first kappa shape index (κ1) is 34.2. The number of rotatable bonds is 10. The average molecular weight is 637 g/mol. The Kier molecular flexibility index (Phi) is 9.74. The monoisotopic (exact) mass is 636 g/mol. The average Bonchev–Trinajstić information content (AvgIpc) is 3.33. The van der Waals surface area contributed by atoms with Crippen LogP contribution in [0.3, 0.4) is 0 Å². The van der Waals surface area contributed by atoms with E-state index in [-0.39, 0.29) is 54.4 Å². The zero-order chi connectivity index (χ0) is 32.8. The molecule has 45 heavy (non-hydrogen) atoms. The second-order valence-corrected chi connectivity index (χ2v) is 15.2. The van der Waals surface area contributed by atoms with Crippen LogP contribution in [0.4, 0.5) is 13.2 Å². The van der Waals surface area contributed by atoms with E-state index in [0.29, 0.717) is 54.9 Å². The lowest BCUT2D eigenvalue weighted by Gasteiger charge is -2.64. The quantitative estimate of drug-likeness (QED) is 0.253. The van der Waals surface area contributed by atoms with E-state index in [0.717, 1.165) is 50.7 Å². The number of hydrogen-bond acceptors (Lipinski definition) is 5. The minimum absolute atomic E-state index is 0.0359. The van der Waals surface area contributed by atoms with E-state index in [4.69, 9.17) is 14.6 Å². The maximum atomic E-state index is 13.4. The third-order valence-corrected chi connectivity index (χ3v) is 13.0. The number of benzene rings is 1. The standard InChI is InChI=1S/C36H51F3O6/c1-22(6-5-7-31(42)43)27-12-13-28-32-29(14-15-34(27,28)4)33(3)16-17-35(44-19-18-40,21-26(33)20-30(32)45-23(2)41)24-8-10-25(11-9-24)36(37,38)39/h8-11,22,26-30,32,40H,5-7,12-21H2,1-4H3,(H,42,43)/t22-,26-,27-,28+,29+,30-,32+,33+,34-,35+/m1/s1. The minimum atomic E-state index is -4.43. The van der Waals surface area contributed by atoms with Crippen LogP contribution >= 0.6 is 0 Å². The van der Waals surface area contributed by atoms with Crippen molar-refractivity contribution in [3.8, 4) is 0 Å². The Morgan fingerprint density at radius 3 is 2.33 bits per heavy atom. The Morgan fingerprint density at radius 2 is 1.71 bits per heavy atom. The van der Waals surface area contributed by atoms with E-state index in [1.54, 1.807) is 0 Å². The highest BCUT2D eigenvalue weighted by Gasteiger charge is 2.65. The molecule has 1 aromatic rings. The smallest absolute Gasteiger partial charge is 0.416 e. The fraction of sp³-hybridized carbons (Fsp3) is 0.778. The number of ether oxygens (including phenoxy) is 2. The maximum Gasteiger partial charge on any atom is 0.416 e. The number of esters is 1. The Bertz CT molecular complexity index is 1220. The third kappa shape index (κ3) is 6.41. The molecule has 4 aliphatic carbocycles. The van der Waals surface area contributed by atoms with Crippen molar-refractivity contribution in [2.75, 3.05) is 13.2 Å². The second kappa shape index (κ2) is 12.8. The summed E-state index contributed by atoms with van der Waals surface area (Å²) in [5, 5.41) is 18.8. The highest BCUT2D eigenvalue weighted by molar-refractivity contribution is 5.66. The van der Waals surface area contributed by atoms with Crippen LogP contribution in [0.5, 0.6) is 0 Å². The van der Waals surface area contributed by atoms with Crippen LogP contribution in [0.25, 0.3) is 0 Å². The van der Waals surface area contributed by atoms with Crippen LogP contribution in [0, 0.1) is 46.3 Å². The molecule has 2 N–H and O–H groups in total. The Balaban J connectivity index is 1.43. The number of carbonyl (C=O) groups is 2. The maximum absolute atomic E-state index is 13.4. The molecule has 5 rings (SSSR count). The summed E-state index contributed by atoms with van der Waals surface area (Å²) in [6.45, 7) is 8.48. The van der Waals surface area contributed by atoms with Crippen LogP contribution in [-0.4, -0.2) is 41.5 Å². The summed E-state index contributed by atoms with van der Waals surface area (Å²) in [5.74, 6) is 1.04. The summed E-state index contributed by atoms with van der Waals surface area (Å²) in [7, 11) is 0. The van der Waals surface area contributed by atoms with Crippen molar-refractivity contribution < 1.29 is 42.4 Å². The number of alkyl halides is 3. The van der Waals surface area contributed by atoms with E-state index < -0.39 is 23.3 Å². The van der Waals surface area contributed by atoms with Crippen LogP contribution < -0.4 is 0 Å². The summed E-state index contributed by atoms with van der Waals surface area (Å²) in [4.78, 5) is 23.7. The van der Waals surface area contributed by atoms with Crippen molar-refractivity contribution in [1.82, 2.24) is 0 Å². The number of aliphatic carboxylic acids is 1. The van der Waals surface area contributed by atoms with Gasteiger partial charge in [-0.3, -0.25) is 9.59 Å². The van der Waals surface area contributed by atoms with Gasteiger partial charge >= 0.3 is 18.1 Å². The normalized spacial score (nSPS) is 38.5. The van der Waals surface area contributed by atoms with Gasteiger partial charge in [0.05, 0.1) is 24.4 Å². The second-order valence-electron chi connectivity index (χ2n) is 15.2. The fourth-order valence-electron chi connectivity index (χ4n) is 10.9. The molecule has 0 unspecified atom stereocenters. The summed E-state index contributed by atoms with van der Waals surface area (Å²) in [6, 6.07) is 5.29. The molecule has 4 fully saturated rings. The molecular weight excluding hydrogens is 585 g/mol. The largest absolute Gasteiger partial charge is 0.481 e. The molecule has 252 valence electrons. The molecule has 0 radical (unpaired) electrons. The van der Waals surface area contributed by atoms with E-state index >= 15 is 0 Å². The summed E-state index contributed by atoms with van der Waals surface area (Å²) >= 11 is 0. The van der Waals surface area contributed by atoms with Gasteiger partial charge in [-0.2, -0.15) is 13.2 Å². The van der Waals surface area contributed by atoms with E-state index in [9.17, 15) is 27.9 Å². The van der Waals surface area contributed by atoms with Gasteiger partial charge in [0.2, 0.25) is 0 Å². The highest BCUT2D eigenvalue weighted by atomic mass is 19.4. The predicted molar refractivity (Wildman–Crippen MR) is 163 cm³/mol. The van der Waals surface area contributed by atoms with Gasteiger partial charge in [0.25, 0.3) is 0 Å². The molecule has 0 heterocycles. The molecule has 4 saturated carbocycles. The molecule has 4 aliphatic rings. The number of carboxylic acids is 1. The van der Waals surface area contributed by atoms with Crippen molar-refractivity contribution in [2.45, 2.75) is 116 Å². The first-order valence-corrected chi connectivity index (χ1v) is 17.0. The van der Waals surface area contributed by atoms with Crippen LogP contribution in [0.1, 0.15) is 109 Å². The minimum Gasteiger partial charge on any atom is -0.481 e. The molecule has 9 heteroatoms. The Morgan fingerprint density at radius 1 is 1.02 bits per heavy atom. The number of fused-ring (bicyclic) bond motifs is 5. The fourth-order valence-corrected chi connectivity index (χ4v) is 10.9. The van der Waals surface area contributed by atoms with Gasteiger partial charge in [0.1, 0.15) is 6.10 Å². The van der Waals surface area contributed by atoms with Crippen molar-refractivity contribution >= 4 is 11.9 Å². The number of hydrogen-bond donors (Lipinski definition) is 2. The number of aliphatic hydroxyl groups is 1. The van der Waals surface area contributed by atoms with Crippen LogP contribution in [0.15, 0.2) is 24.3 Å². The summed E-state index contributed by atoms with van der Waals surface area (Å²) in [6.07, 6.45) is 4.22. The van der Waals surface area contributed by atoms with Gasteiger partial charge in [0.15, 0.2) is 0 Å². The molecule has 0 spiro atoms. The number of carboxylic acid groups (broad SMARTS) is 1. The summed E-state index contributed by atoms with van der Waals surface area (Å²) in [5.41, 5.74) is -0.752.